The molecule has 2 aromatic carbocycles. The Kier molecular flexibility index (Phi) is 4.66. The van der Waals surface area contributed by atoms with Crippen molar-refractivity contribution in [2.75, 3.05) is 16.5 Å². The van der Waals surface area contributed by atoms with Gasteiger partial charge >= 0.3 is 0 Å². The summed E-state index contributed by atoms with van der Waals surface area (Å²) in [5.41, 5.74) is 1.57. The molecular weight excluding hydrogens is 324 g/mol. The molecule has 2 aromatic rings. The second kappa shape index (κ2) is 6.88. The van der Waals surface area contributed by atoms with Gasteiger partial charge in [0.05, 0.1) is 11.4 Å². The van der Waals surface area contributed by atoms with Crippen LogP contribution >= 0.6 is 11.8 Å². The highest BCUT2D eigenvalue weighted by Gasteiger charge is 2.30. The summed E-state index contributed by atoms with van der Waals surface area (Å²) in [4.78, 5) is 38.3. The van der Waals surface area contributed by atoms with Crippen molar-refractivity contribution >= 4 is 40.9 Å². The number of hydrogen-bond donors (Lipinski definition) is 1. The number of carbonyl (C=O) groups excluding carboxylic acids is 3. The molecule has 0 aromatic heterocycles. The van der Waals surface area contributed by atoms with Crippen LogP contribution < -0.4 is 10.2 Å². The Morgan fingerprint density at radius 3 is 2.46 bits per heavy atom. The highest BCUT2D eigenvalue weighted by atomic mass is 32.2. The van der Waals surface area contributed by atoms with Crippen LogP contribution in [0.5, 0.6) is 0 Å². The summed E-state index contributed by atoms with van der Waals surface area (Å²) in [6.45, 7) is 0. The number of para-hydroxylation sites is 1. The third kappa shape index (κ3) is 3.19. The number of thioether (sulfide) groups is 1. The first-order valence-electron chi connectivity index (χ1n) is 7.50. The van der Waals surface area contributed by atoms with Gasteiger partial charge in [0.1, 0.15) is 0 Å². The number of hydrogen-bond acceptors (Lipinski definition) is 4. The van der Waals surface area contributed by atoms with Crippen molar-refractivity contribution in [3.63, 3.8) is 0 Å². The monoisotopic (exact) mass is 340 g/mol. The Balaban J connectivity index is 1.85. The SMILES string of the molecule is CSc1ccccc1NC(=O)c1cccc(N2C(=O)CCC2=O)c1. The number of imide groups is 1. The molecule has 3 amide bonds. The van der Waals surface area contributed by atoms with E-state index >= 15 is 0 Å². The van der Waals surface area contributed by atoms with E-state index < -0.39 is 0 Å². The minimum absolute atomic E-state index is 0.219. The molecule has 24 heavy (non-hydrogen) atoms. The minimum atomic E-state index is -0.280. The lowest BCUT2D eigenvalue weighted by molar-refractivity contribution is -0.121. The number of nitrogens with zero attached hydrogens (tertiary/aromatic N) is 1. The number of carbonyl (C=O) groups is 3. The van der Waals surface area contributed by atoms with Crippen LogP contribution in [-0.2, 0) is 9.59 Å². The van der Waals surface area contributed by atoms with Crippen LogP contribution in [0.3, 0.4) is 0 Å². The van der Waals surface area contributed by atoms with Gasteiger partial charge in [-0.2, -0.15) is 0 Å². The Morgan fingerprint density at radius 2 is 1.75 bits per heavy atom. The average molecular weight is 340 g/mol. The standard InChI is InChI=1S/C18H16N2O3S/c1-24-15-8-3-2-7-14(15)19-18(23)12-5-4-6-13(11-12)20-16(21)9-10-17(20)22/h2-8,11H,9-10H2,1H3,(H,19,23). The second-order valence-electron chi connectivity index (χ2n) is 5.33. The van der Waals surface area contributed by atoms with E-state index in [1.54, 1.807) is 36.0 Å². The molecule has 0 radical (unpaired) electrons. The van der Waals surface area contributed by atoms with Crippen molar-refractivity contribution in [1.29, 1.82) is 0 Å². The molecule has 0 spiro atoms. The molecule has 1 saturated heterocycles. The van der Waals surface area contributed by atoms with E-state index in [0.29, 0.717) is 11.3 Å². The number of rotatable bonds is 4. The second-order valence-corrected chi connectivity index (χ2v) is 6.18. The first-order chi connectivity index (χ1) is 11.6. The molecule has 6 heteroatoms. The molecule has 1 fully saturated rings. The first-order valence-corrected chi connectivity index (χ1v) is 8.73. The van der Waals surface area contributed by atoms with Crippen molar-refractivity contribution in [1.82, 2.24) is 0 Å². The Morgan fingerprint density at radius 1 is 1.04 bits per heavy atom. The average Bonchev–Trinajstić information content (AvgIpc) is 2.94. The highest BCUT2D eigenvalue weighted by Crippen LogP contribution is 2.26. The highest BCUT2D eigenvalue weighted by molar-refractivity contribution is 7.98. The van der Waals surface area contributed by atoms with Crippen LogP contribution in [0.15, 0.2) is 53.4 Å². The molecule has 0 aliphatic carbocycles. The van der Waals surface area contributed by atoms with Crippen molar-refractivity contribution < 1.29 is 14.4 Å². The normalized spacial score (nSPS) is 14.1. The molecule has 0 bridgehead atoms. The maximum absolute atomic E-state index is 12.5. The Bertz CT molecular complexity index is 803. The summed E-state index contributed by atoms with van der Waals surface area (Å²) < 4.78 is 0. The van der Waals surface area contributed by atoms with Gasteiger partial charge in [-0.1, -0.05) is 18.2 Å². The van der Waals surface area contributed by atoms with E-state index in [1.165, 1.54) is 0 Å². The van der Waals surface area contributed by atoms with Gasteiger partial charge in [-0.15, -0.1) is 11.8 Å². The van der Waals surface area contributed by atoms with Gasteiger partial charge < -0.3 is 5.32 Å². The van der Waals surface area contributed by atoms with E-state index in [1.807, 2.05) is 30.5 Å². The smallest absolute Gasteiger partial charge is 0.255 e. The van der Waals surface area contributed by atoms with Gasteiger partial charge in [0, 0.05) is 23.3 Å². The summed E-state index contributed by atoms with van der Waals surface area (Å²) in [7, 11) is 0. The lowest BCUT2D eigenvalue weighted by Crippen LogP contribution is -2.28. The van der Waals surface area contributed by atoms with Crippen molar-refractivity contribution in [3.8, 4) is 0 Å². The number of anilines is 2. The zero-order valence-corrected chi connectivity index (χ0v) is 13.9. The van der Waals surface area contributed by atoms with E-state index in [-0.39, 0.29) is 30.6 Å². The molecule has 122 valence electrons. The lowest BCUT2D eigenvalue weighted by atomic mass is 10.1. The van der Waals surface area contributed by atoms with Gasteiger partial charge in [-0.05, 0) is 36.6 Å². The molecule has 1 aliphatic heterocycles. The third-order valence-electron chi connectivity index (χ3n) is 3.77. The zero-order valence-electron chi connectivity index (χ0n) is 13.1. The van der Waals surface area contributed by atoms with Crippen LogP contribution in [0.25, 0.3) is 0 Å². The van der Waals surface area contributed by atoms with E-state index in [2.05, 4.69) is 5.32 Å². The summed E-state index contributed by atoms with van der Waals surface area (Å²) in [6, 6.07) is 14.1. The lowest BCUT2D eigenvalue weighted by Gasteiger charge is -2.15. The van der Waals surface area contributed by atoms with Crippen molar-refractivity contribution in [2.24, 2.45) is 0 Å². The molecule has 3 rings (SSSR count). The quantitative estimate of drug-likeness (QED) is 0.685. The fraction of sp³-hybridized carbons (Fsp3) is 0.167. The predicted molar refractivity (Wildman–Crippen MR) is 94.3 cm³/mol. The molecular formula is C18H16N2O3S. The summed E-state index contributed by atoms with van der Waals surface area (Å²) >= 11 is 1.54. The maximum atomic E-state index is 12.5. The van der Waals surface area contributed by atoms with Gasteiger partial charge in [0.15, 0.2) is 0 Å². The largest absolute Gasteiger partial charge is 0.321 e. The molecule has 1 aliphatic rings. The topological polar surface area (TPSA) is 66.5 Å². The zero-order chi connectivity index (χ0) is 17.1. The van der Waals surface area contributed by atoms with Crippen LogP contribution in [0, 0.1) is 0 Å². The number of amides is 3. The summed E-state index contributed by atoms with van der Waals surface area (Å²) in [5.74, 6) is -0.743. The fourth-order valence-electron chi connectivity index (χ4n) is 2.59. The van der Waals surface area contributed by atoms with E-state index in [0.717, 1.165) is 15.5 Å². The fourth-order valence-corrected chi connectivity index (χ4v) is 3.15. The predicted octanol–water partition coefficient (Wildman–Crippen LogP) is 3.31. The van der Waals surface area contributed by atoms with Gasteiger partial charge in [0.25, 0.3) is 5.91 Å². The summed E-state index contributed by atoms with van der Waals surface area (Å²) in [5, 5.41) is 2.87. The van der Waals surface area contributed by atoms with E-state index in [4.69, 9.17) is 0 Å². The van der Waals surface area contributed by atoms with Crippen molar-refractivity contribution in [3.05, 3.63) is 54.1 Å². The molecule has 1 heterocycles. The van der Waals surface area contributed by atoms with Crippen LogP contribution in [0.1, 0.15) is 23.2 Å². The number of nitrogens with one attached hydrogen (secondary N) is 1. The number of benzene rings is 2. The molecule has 1 N–H and O–H groups in total. The molecule has 5 nitrogen and oxygen atoms in total. The Hall–Kier alpha value is -2.60. The van der Waals surface area contributed by atoms with Gasteiger partial charge in [-0.25, -0.2) is 0 Å². The van der Waals surface area contributed by atoms with Crippen molar-refractivity contribution in [2.45, 2.75) is 17.7 Å². The maximum Gasteiger partial charge on any atom is 0.255 e. The van der Waals surface area contributed by atoms with Crippen LogP contribution in [0.2, 0.25) is 0 Å². The van der Waals surface area contributed by atoms with Gasteiger partial charge in [0.2, 0.25) is 11.8 Å². The molecule has 0 saturated carbocycles. The van der Waals surface area contributed by atoms with Crippen LogP contribution in [-0.4, -0.2) is 24.0 Å². The Labute approximate surface area is 144 Å². The minimum Gasteiger partial charge on any atom is -0.321 e. The van der Waals surface area contributed by atoms with Crippen LogP contribution in [0.4, 0.5) is 11.4 Å². The molecule has 0 unspecified atom stereocenters. The molecule has 0 atom stereocenters. The van der Waals surface area contributed by atoms with Gasteiger partial charge in [-0.3, -0.25) is 19.3 Å². The first kappa shape index (κ1) is 16.3. The third-order valence-corrected chi connectivity index (χ3v) is 4.57. The van der Waals surface area contributed by atoms with E-state index in [9.17, 15) is 14.4 Å². The summed E-state index contributed by atoms with van der Waals surface area (Å²) in [6.07, 6.45) is 2.38.